The lowest BCUT2D eigenvalue weighted by Crippen LogP contribution is -2.29. The van der Waals surface area contributed by atoms with Gasteiger partial charge in [0.25, 0.3) is 0 Å². The minimum absolute atomic E-state index is 0.1000. The molecule has 0 unspecified atom stereocenters. The molecule has 0 aromatic carbocycles. The molecule has 6 heteroatoms. The van der Waals surface area contributed by atoms with Crippen LogP contribution in [0.2, 0.25) is 0 Å². The molecular weight excluding hydrogens is 268 g/mol. The van der Waals surface area contributed by atoms with E-state index in [1.807, 2.05) is 17.6 Å². The monoisotopic (exact) mass is 282 g/mol. The highest BCUT2D eigenvalue weighted by Gasteiger charge is 2.29. The summed E-state index contributed by atoms with van der Waals surface area (Å²) in [5, 5.41) is 22.1. The zero-order valence-electron chi connectivity index (χ0n) is 11.6. The zero-order chi connectivity index (χ0) is 15.0. The quantitative estimate of drug-likeness (QED) is 0.871. The molecule has 0 aliphatic carbocycles. The van der Waals surface area contributed by atoms with Gasteiger partial charge in [0.2, 0.25) is 0 Å². The number of aryl methyl sites for hydroxylation is 1. The van der Waals surface area contributed by atoms with Gasteiger partial charge >= 0.3 is 5.97 Å². The standard InChI is InChI=1S/C15H14N4O2/c1-9-10(3-2-4-18-9)14-11(7-16)13(15(20)21)12-8-17-5-6-19(12)14/h2-4,17H,5-6,8H2,1H3,(H,20,21). The minimum Gasteiger partial charge on any atom is -0.478 e. The maximum atomic E-state index is 11.6. The van der Waals surface area contributed by atoms with Gasteiger partial charge in [0, 0.05) is 42.8 Å². The van der Waals surface area contributed by atoms with Crippen LogP contribution in [-0.2, 0) is 13.1 Å². The van der Waals surface area contributed by atoms with Gasteiger partial charge in [-0.2, -0.15) is 5.26 Å². The SMILES string of the molecule is Cc1ncccc1-c1c(C#N)c(C(=O)O)c2n1CCNC2. The Balaban J connectivity index is 2.38. The predicted octanol–water partition coefficient (Wildman–Crippen LogP) is 1.53. The highest BCUT2D eigenvalue weighted by atomic mass is 16.4. The molecule has 2 aromatic heterocycles. The van der Waals surface area contributed by atoms with Crippen molar-refractivity contribution in [1.82, 2.24) is 14.9 Å². The summed E-state index contributed by atoms with van der Waals surface area (Å²) in [6.07, 6.45) is 1.69. The lowest BCUT2D eigenvalue weighted by Gasteiger charge is -2.20. The van der Waals surface area contributed by atoms with Crippen molar-refractivity contribution in [2.75, 3.05) is 6.54 Å². The van der Waals surface area contributed by atoms with Crippen LogP contribution < -0.4 is 5.32 Å². The zero-order valence-corrected chi connectivity index (χ0v) is 11.6. The van der Waals surface area contributed by atoms with Crippen LogP contribution in [0.1, 0.15) is 27.3 Å². The number of nitrogens with zero attached hydrogens (tertiary/aromatic N) is 3. The van der Waals surface area contributed by atoms with Crippen LogP contribution in [0.15, 0.2) is 18.3 Å². The molecule has 0 saturated carbocycles. The van der Waals surface area contributed by atoms with Gasteiger partial charge in [-0.3, -0.25) is 4.98 Å². The number of nitriles is 1. The fourth-order valence-electron chi connectivity index (χ4n) is 2.85. The molecule has 0 spiro atoms. The Labute approximate surface area is 121 Å². The number of carboxylic acids is 1. The second-order valence-electron chi connectivity index (χ2n) is 4.93. The lowest BCUT2D eigenvalue weighted by molar-refractivity contribution is 0.0694. The fourth-order valence-corrected chi connectivity index (χ4v) is 2.85. The van der Waals surface area contributed by atoms with Gasteiger partial charge < -0.3 is 15.0 Å². The first-order valence-electron chi connectivity index (χ1n) is 6.66. The summed E-state index contributed by atoms with van der Waals surface area (Å²) >= 11 is 0. The third kappa shape index (κ3) is 1.99. The maximum absolute atomic E-state index is 11.6. The molecule has 3 heterocycles. The summed E-state index contributed by atoms with van der Waals surface area (Å²) in [4.78, 5) is 15.8. The van der Waals surface area contributed by atoms with E-state index in [0.717, 1.165) is 17.8 Å². The van der Waals surface area contributed by atoms with Gasteiger partial charge in [0.15, 0.2) is 0 Å². The molecule has 1 aliphatic rings. The number of fused-ring (bicyclic) bond motifs is 1. The third-order valence-corrected chi connectivity index (χ3v) is 3.76. The first-order valence-corrected chi connectivity index (χ1v) is 6.66. The Morgan fingerprint density at radius 2 is 2.38 bits per heavy atom. The van der Waals surface area contributed by atoms with E-state index in [9.17, 15) is 15.2 Å². The van der Waals surface area contributed by atoms with Gasteiger partial charge in [-0.05, 0) is 19.1 Å². The lowest BCUT2D eigenvalue weighted by atomic mass is 10.0. The second-order valence-corrected chi connectivity index (χ2v) is 4.93. The van der Waals surface area contributed by atoms with E-state index in [2.05, 4.69) is 16.4 Å². The predicted molar refractivity (Wildman–Crippen MR) is 75.8 cm³/mol. The largest absolute Gasteiger partial charge is 0.478 e. The van der Waals surface area contributed by atoms with E-state index in [-0.39, 0.29) is 11.1 Å². The molecule has 0 bridgehead atoms. The number of rotatable bonds is 2. The summed E-state index contributed by atoms with van der Waals surface area (Å²) in [5.74, 6) is -1.06. The van der Waals surface area contributed by atoms with Crippen molar-refractivity contribution >= 4 is 5.97 Å². The van der Waals surface area contributed by atoms with Gasteiger partial charge in [-0.1, -0.05) is 0 Å². The average molecular weight is 282 g/mol. The van der Waals surface area contributed by atoms with Crippen molar-refractivity contribution in [3.8, 4) is 17.3 Å². The summed E-state index contributed by atoms with van der Waals surface area (Å²) in [5.41, 5.74) is 3.23. The minimum atomic E-state index is -1.06. The molecule has 0 saturated heterocycles. The summed E-state index contributed by atoms with van der Waals surface area (Å²) in [6, 6.07) is 5.74. The maximum Gasteiger partial charge on any atom is 0.338 e. The average Bonchev–Trinajstić information content (AvgIpc) is 2.82. The number of carbonyl (C=O) groups is 1. The number of nitrogens with one attached hydrogen (secondary N) is 1. The normalized spacial score (nSPS) is 13.5. The molecule has 21 heavy (non-hydrogen) atoms. The number of pyridine rings is 1. The second kappa shape index (κ2) is 5.04. The molecule has 0 amide bonds. The Hall–Kier alpha value is -2.65. The Morgan fingerprint density at radius 1 is 1.57 bits per heavy atom. The molecule has 106 valence electrons. The van der Waals surface area contributed by atoms with Crippen molar-refractivity contribution in [3.05, 3.63) is 40.8 Å². The van der Waals surface area contributed by atoms with Crippen molar-refractivity contribution in [2.45, 2.75) is 20.0 Å². The van der Waals surface area contributed by atoms with Crippen LogP contribution in [0.3, 0.4) is 0 Å². The molecule has 2 aromatic rings. The molecule has 0 atom stereocenters. The summed E-state index contributed by atoms with van der Waals surface area (Å²) < 4.78 is 1.93. The Morgan fingerprint density at radius 3 is 3.05 bits per heavy atom. The van der Waals surface area contributed by atoms with E-state index in [1.54, 1.807) is 12.3 Å². The van der Waals surface area contributed by atoms with Crippen molar-refractivity contribution in [2.24, 2.45) is 0 Å². The van der Waals surface area contributed by atoms with Gasteiger partial charge in [-0.25, -0.2) is 4.79 Å². The molecule has 3 rings (SSSR count). The molecule has 0 radical (unpaired) electrons. The first-order chi connectivity index (χ1) is 10.1. The van der Waals surface area contributed by atoms with Crippen molar-refractivity contribution in [1.29, 1.82) is 5.26 Å². The topological polar surface area (TPSA) is 90.9 Å². The van der Waals surface area contributed by atoms with Crippen LogP contribution in [0, 0.1) is 18.3 Å². The molecular formula is C15H14N4O2. The van der Waals surface area contributed by atoms with Gasteiger partial charge in [0.05, 0.1) is 11.3 Å². The van der Waals surface area contributed by atoms with E-state index < -0.39 is 5.97 Å². The number of hydrogen-bond donors (Lipinski definition) is 2. The smallest absolute Gasteiger partial charge is 0.338 e. The highest BCUT2D eigenvalue weighted by Crippen LogP contribution is 2.33. The van der Waals surface area contributed by atoms with Crippen LogP contribution in [0.25, 0.3) is 11.3 Å². The molecule has 0 fully saturated rings. The Bertz CT molecular complexity index is 771. The Kier molecular flexibility index (Phi) is 3.20. The van der Waals surface area contributed by atoms with E-state index in [4.69, 9.17) is 0 Å². The van der Waals surface area contributed by atoms with Crippen LogP contribution in [-0.4, -0.2) is 27.2 Å². The van der Waals surface area contributed by atoms with Crippen LogP contribution in [0.5, 0.6) is 0 Å². The number of aromatic carboxylic acids is 1. The van der Waals surface area contributed by atoms with E-state index in [0.29, 0.717) is 24.5 Å². The van der Waals surface area contributed by atoms with E-state index >= 15 is 0 Å². The molecule has 6 nitrogen and oxygen atoms in total. The highest BCUT2D eigenvalue weighted by molar-refractivity contribution is 5.96. The summed E-state index contributed by atoms with van der Waals surface area (Å²) in [6.45, 7) is 3.70. The molecule has 1 aliphatic heterocycles. The van der Waals surface area contributed by atoms with Crippen molar-refractivity contribution < 1.29 is 9.90 Å². The molecule has 2 N–H and O–H groups in total. The third-order valence-electron chi connectivity index (χ3n) is 3.76. The van der Waals surface area contributed by atoms with Gasteiger partial charge in [0.1, 0.15) is 11.6 Å². The number of carboxylic acid groups (broad SMARTS) is 1. The number of hydrogen-bond acceptors (Lipinski definition) is 4. The van der Waals surface area contributed by atoms with Crippen LogP contribution in [0.4, 0.5) is 0 Å². The van der Waals surface area contributed by atoms with Gasteiger partial charge in [-0.15, -0.1) is 0 Å². The fraction of sp³-hybridized carbons (Fsp3) is 0.267. The first kappa shape index (κ1) is 13.3. The summed E-state index contributed by atoms with van der Waals surface area (Å²) in [7, 11) is 0. The van der Waals surface area contributed by atoms with Crippen LogP contribution >= 0.6 is 0 Å². The number of aromatic nitrogens is 2. The van der Waals surface area contributed by atoms with E-state index in [1.165, 1.54) is 0 Å². The van der Waals surface area contributed by atoms with Crippen molar-refractivity contribution in [3.63, 3.8) is 0 Å².